The number of aromatic nitrogens is 2. The summed E-state index contributed by atoms with van der Waals surface area (Å²) >= 11 is 0. The Balaban J connectivity index is 1.28. The van der Waals surface area contributed by atoms with Gasteiger partial charge in [0.2, 0.25) is 5.91 Å². The number of fused-ring (bicyclic) bond motifs is 2. The van der Waals surface area contributed by atoms with E-state index in [1.807, 2.05) is 0 Å². The van der Waals surface area contributed by atoms with E-state index < -0.39 is 29.9 Å². The summed E-state index contributed by atoms with van der Waals surface area (Å²) in [6.45, 7) is 5.04. The Morgan fingerprint density at radius 2 is 1.76 bits per heavy atom. The number of para-hydroxylation sites is 1. The number of pyridine rings is 1. The first-order chi connectivity index (χ1) is 22.1. The van der Waals surface area contributed by atoms with E-state index in [2.05, 4.69) is 15.3 Å². The molecule has 5 rings (SSSR count). The average molecular weight is 637 g/mol. The summed E-state index contributed by atoms with van der Waals surface area (Å²) in [4.78, 5) is 76.8. The molecule has 0 unspecified atom stereocenters. The van der Waals surface area contributed by atoms with Gasteiger partial charge >= 0.3 is 12.1 Å². The summed E-state index contributed by atoms with van der Waals surface area (Å²) < 4.78 is 16.6. The summed E-state index contributed by atoms with van der Waals surface area (Å²) in [5.74, 6) is -1.11. The van der Waals surface area contributed by atoms with Crippen LogP contribution >= 0.6 is 0 Å². The fourth-order valence-electron chi connectivity index (χ4n) is 5.45. The maximum absolute atomic E-state index is 13.5. The number of aryl methyl sites for hydroxylation is 1. The first-order valence-corrected chi connectivity index (χ1v) is 15.1. The van der Waals surface area contributed by atoms with Gasteiger partial charge in [0, 0.05) is 63.9 Å². The molecule has 1 fully saturated rings. The Bertz CT molecular complexity index is 1630. The van der Waals surface area contributed by atoms with Crippen molar-refractivity contribution in [2.75, 3.05) is 45.9 Å². The first-order valence-electron chi connectivity index (χ1n) is 15.1. The summed E-state index contributed by atoms with van der Waals surface area (Å²) in [7, 11) is 0. The van der Waals surface area contributed by atoms with E-state index in [4.69, 9.17) is 13.9 Å². The van der Waals surface area contributed by atoms with Gasteiger partial charge in [-0.3, -0.25) is 19.2 Å². The minimum atomic E-state index is -1.15. The van der Waals surface area contributed by atoms with Gasteiger partial charge in [0.25, 0.3) is 11.8 Å². The van der Waals surface area contributed by atoms with Crippen molar-refractivity contribution >= 4 is 40.7 Å². The van der Waals surface area contributed by atoms with E-state index in [0.29, 0.717) is 35.5 Å². The molecule has 2 aromatic heterocycles. The van der Waals surface area contributed by atoms with Crippen LogP contribution in [0.15, 0.2) is 34.7 Å². The van der Waals surface area contributed by atoms with Crippen LogP contribution < -0.4 is 10.1 Å². The predicted molar refractivity (Wildman–Crippen MR) is 161 cm³/mol. The van der Waals surface area contributed by atoms with Gasteiger partial charge in [-0.1, -0.05) is 12.1 Å². The number of benzene rings is 1. The number of carbonyl (C=O) groups is 5. The Morgan fingerprint density at radius 1 is 1.02 bits per heavy atom. The molecule has 46 heavy (non-hydrogen) atoms. The van der Waals surface area contributed by atoms with E-state index in [1.165, 1.54) is 15.9 Å². The molecule has 15 nitrogen and oxygen atoms in total. The number of carbonyl (C=O) groups excluding carboxylic acids is 4. The van der Waals surface area contributed by atoms with Crippen molar-refractivity contribution in [3.8, 4) is 5.75 Å². The second-order valence-electron chi connectivity index (χ2n) is 10.9. The van der Waals surface area contributed by atoms with Gasteiger partial charge in [-0.25, -0.2) is 14.8 Å². The van der Waals surface area contributed by atoms with E-state index in [9.17, 15) is 29.1 Å². The third-order valence-corrected chi connectivity index (χ3v) is 7.82. The molecule has 1 aromatic carbocycles. The van der Waals surface area contributed by atoms with Crippen molar-refractivity contribution in [3.05, 3.63) is 53.4 Å². The van der Waals surface area contributed by atoms with Crippen LogP contribution in [0.2, 0.25) is 0 Å². The zero-order chi connectivity index (χ0) is 32.8. The van der Waals surface area contributed by atoms with E-state index in [1.54, 1.807) is 43.0 Å². The Hall–Kier alpha value is -5.21. The highest BCUT2D eigenvalue weighted by molar-refractivity contribution is 5.99. The number of amides is 4. The predicted octanol–water partition coefficient (Wildman–Crippen LogP) is 1.76. The van der Waals surface area contributed by atoms with E-state index in [-0.39, 0.29) is 76.1 Å². The van der Waals surface area contributed by atoms with Crippen LogP contribution in [-0.2, 0) is 32.1 Å². The molecular weight excluding hydrogens is 600 g/mol. The number of hydrogen-bond donors (Lipinski definition) is 2. The molecule has 0 radical (unpaired) electrons. The zero-order valence-corrected chi connectivity index (χ0v) is 25.7. The van der Waals surface area contributed by atoms with Crippen LogP contribution in [0.1, 0.15) is 47.6 Å². The normalized spacial score (nSPS) is 15.2. The third kappa shape index (κ3) is 7.53. The molecule has 244 valence electrons. The summed E-state index contributed by atoms with van der Waals surface area (Å²) in [6.07, 6.45) is -0.398. The van der Waals surface area contributed by atoms with Crippen LogP contribution in [0.3, 0.4) is 0 Å². The molecule has 4 heterocycles. The molecule has 3 aromatic rings. The van der Waals surface area contributed by atoms with Gasteiger partial charge < -0.3 is 39.0 Å². The van der Waals surface area contributed by atoms with E-state index in [0.717, 1.165) is 5.69 Å². The molecule has 0 saturated carbocycles. The fourth-order valence-corrected chi connectivity index (χ4v) is 5.45. The highest BCUT2D eigenvalue weighted by Gasteiger charge is 2.31. The van der Waals surface area contributed by atoms with Crippen LogP contribution in [0.5, 0.6) is 5.75 Å². The second-order valence-corrected chi connectivity index (χ2v) is 10.9. The summed E-state index contributed by atoms with van der Waals surface area (Å²) in [5, 5.41) is 12.5. The topological polar surface area (TPSA) is 185 Å². The molecule has 1 atom stereocenters. The molecule has 0 bridgehead atoms. The average Bonchev–Trinajstić information content (AvgIpc) is 3.44. The van der Waals surface area contributed by atoms with Gasteiger partial charge in [0.15, 0.2) is 12.5 Å². The fraction of sp³-hybridized carbons (Fsp3) is 0.452. The minimum absolute atomic E-state index is 0.0684. The van der Waals surface area contributed by atoms with Gasteiger partial charge in [-0.2, -0.15) is 0 Å². The number of carboxylic acids is 1. The van der Waals surface area contributed by atoms with Crippen molar-refractivity contribution in [1.29, 1.82) is 0 Å². The number of rotatable bonds is 10. The lowest BCUT2D eigenvalue weighted by atomic mass is 10.1. The lowest BCUT2D eigenvalue weighted by Crippen LogP contribution is -2.56. The molecule has 0 spiro atoms. The molecule has 0 aliphatic carbocycles. The molecule has 4 amide bonds. The molecule has 15 heteroatoms. The van der Waals surface area contributed by atoms with Gasteiger partial charge in [-0.15, -0.1) is 0 Å². The lowest BCUT2D eigenvalue weighted by Gasteiger charge is -2.35. The maximum atomic E-state index is 13.5. The van der Waals surface area contributed by atoms with Gasteiger partial charge in [0.1, 0.15) is 23.2 Å². The standard InChI is InChI=1S/C31H36N6O9/c1-3-44-31(43)36-14-12-35(13-15-36)30(42)23(8-9-28(39)40)34-29(41)24-16-25(20-6-4-5-7-21(20)33-24)45-18-27(38)37-11-10-22-26(17-37)46-19(2)32-22/h4-7,16,23H,3,8-15,17-18H2,1-2H3,(H,34,41)(H,39,40)/t23-/m0/s1. The SMILES string of the molecule is CCOC(=O)N1CCN(C(=O)[C@H](CCC(=O)O)NC(=O)c2cc(OCC(=O)N3CCc4nc(C)oc4C3)c3ccccc3n2)CC1. The van der Waals surface area contributed by atoms with Crippen molar-refractivity contribution in [2.24, 2.45) is 0 Å². The Labute approximate surface area is 264 Å². The number of oxazole rings is 1. The van der Waals surface area contributed by atoms with Crippen LogP contribution in [0.25, 0.3) is 10.9 Å². The molecular formula is C31H36N6O9. The Morgan fingerprint density at radius 3 is 2.50 bits per heavy atom. The van der Waals surface area contributed by atoms with Crippen molar-refractivity contribution < 1.29 is 43.0 Å². The van der Waals surface area contributed by atoms with Crippen molar-refractivity contribution in [3.63, 3.8) is 0 Å². The van der Waals surface area contributed by atoms with E-state index >= 15 is 0 Å². The quantitative estimate of drug-likeness (QED) is 0.330. The highest BCUT2D eigenvalue weighted by Crippen LogP contribution is 2.26. The van der Waals surface area contributed by atoms with Gasteiger partial charge in [0.05, 0.1) is 24.4 Å². The number of nitrogens with one attached hydrogen (secondary N) is 1. The number of carboxylic acid groups (broad SMARTS) is 1. The largest absolute Gasteiger partial charge is 0.483 e. The number of hydrogen-bond acceptors (Lipinski definition) is 10. The van der Waals surface area contributed by atoms with Crippen molar-refractivity contribution in [1.82, 2.24) is 30.0 Å². The number of piperazine rings is 1. The molecule has 1 saturated heterocycles. The second kappa shape index (κ2) is 14.3. The minimum Gasteiger partial charge on any atom is -0.483 e. The highest BCUT2D eigenvalue weighted by atomic mass is 16.6. The number of aliphatic carboxylic acids is 1. The van der Waals surface area contributed by atoms with Crippen molar-refractivity contribution in [2.45, 2.75) is 45.7 Å². The summed E-state index contributed by atoms with van der Waals surface area (Å²) in [6, 6.07) is 7.21. The van der Waals surface area contributed by atoms with Crippen LogP contribution in [0, 0.1) is 6.92 Å². The van der Waals surface area contributed by atoms with Crippen LogP contribution in [-0.4, -0.2) is 112 Å². The molecule has 2 N–H and O–H groups in total. The number of nitrogens with zero attached hydrogens (tertiary/aromatic N) is 5. The maximum Gasteiger partial charge on any atom is 0.409 e. The summed E-state index contributed by atoms with van der Waals surface area (Å²) in [5.41, 5.74) is 1.21. The number of ether oxygens (including phenoxy) is 2. The Kier molecular flexibility index (Phi) is 9.98. The zero-order valence-electron chi connectivity index (χ0n) is 25.7. The molecule has 2 aliphatic heterocycles. The first kappa shape index (κ1) is 32.2. The molecule has 2 aliphatic rings. The van der Waals surface area contributed by atoms with Gasteiger partial charge in [-0.05, 0) is 25.5 Å². The third-order valence-electron chi connectivity index (χ3n) is 7.82. The monoisotopic (exact) mass is 636 g/mol. The van der Waals surface area contributed by atoms with Crippen LogP contribution in [0.4, 0.5) is 4.79 Å². The lowest BCUT2D eigenvalue weighted by molar-refractivity contribution is -0.138. The smallest absolute Gasteiger partial charge is 0.409 e.